The van der Waals surface area contributed by atoms with Gasteiger partial charge in [0.15, 0.2) is 0 Å². The number of carbonyl (C=O) groups is 1. The van der Waals surface area contributed by atoms with Crippen LogP contribution in [0.4, 0.5) is 0 Å². The maximum atomic E-state index is 12.2. The summed E-state index contributed by atoms with van der Waals surface area (Å²) in [5, 5.41) is 0. The van der Waals surface area contributed by atoms with Gasteiger partial charge in [-0.25, -0.2) is 0 Å². The second-order valence-electron chi connectivity index (χ2n) is 6.84. The van der Waals surface area contributed by atoms with E-state index in [4.69, 9.17) is 4.74 Å². The third kappa shape index (κ3) is 5.23. The number of benzene rings is 2. The summed E-state index contributed by atoms with van der Waals surface area (Å²) < 4.78 is 5.79. The molecule has 2 heteroatoms. The zero-order valence-corrected chi connectivity index (χ0v) is 14.2. The number of carbonyl (C=O) groups excluding carboxylic acids is 1. The fraction of sp³-hybridized carbons (Fsp3) is 0.409. The quantitative estimate of drug-likeness (QED) is 0.687. The molecule has 0 saturated heterocycles. The van der Waals surface area contributed by atoms with Gasteiger partial charge < -0.3 is 4.74 Å². The lowest BCUT2D eigenvalue weighted by atomic mass is 9.85. The third-order valence-corrected chi connectivity index (χ3v) is 4.81. The fourth-order valence-corrected chi connectivity index (χ4v) is 3.46. The van der Waals surface area contributed by atoms with Crippen molar-refractivity contribution in [2.24, 2.45) is 5.92 Å². The molecule has 0 radical (unpaired) electrons. The molecule has 1 saturated carbocycles. The molecule has 2 aromatic carbocycles. The molecular weight excluding hydrogens is 296 g/mol. The average molecular weight is 322 g/mol. The number of hydrogen-bond donors (Lipinski definition) is 0. The highest BCUT2D eigenvalue weighted by Crippen LogP contribution is 2.27. The van der Waals surface area contributed by atoms with E-state index in [2.05, 4.69) is 12.1 Å². The van der Waals surface area contributed by atoms with Crippen molar-refractivity contribution in [1.29, 1.82) is 0 Å². The van der Waals surface area contributed by atoms with Crippen LogP contribution in [-0.2, 0) is 17.8 Å². The van der Waals surface area contributed by atoms with Crippen LogP contribution in [0.15, 0.2) is 54.6 Å². The van der Waals surface area contributed by atoms with Gasteiger partial charge in [-0.3, -0.25) is 4.79 Å². The zero-order chi connectivity index (χ0) is 16.6. The van der Waals surface area contributed by atoms with Gasteiger partial charge in [-0.15, -0.1) is 0 Å². The Morgan fingerprint density at radius 1 is 0.875 bits per heavy atom. The van der Waals surface area contributed by atoms with Crippen LogP contribution in [0.3, 0.4) is 0 Å². The number of rotatable bonds is 7. The molecule has 1 fully saturated rings. The molecule has 0 amide bonds. The number of ether oxygens (including phenoxy) is 1. The van der Waals surface area contributed by atoms with Crippen molar-refractivity contribution >= 4 is 5.78 Å². The average Bonchev–Trinajstić information content (AvgIpc) is 2.63. The second-order valence-corrected chi connectivity index (χ2v) is 6.84. The van der Waals surface area contributed by atoms with Crippen molar-refractivity contribution < 1.29 is 9.53 Å². The highest BCUT2D eigenvalue weighted by atomic mass is 16.5. The van der Waals surface area contributed by atoms with Crippen LogP contribution in [-0.4, -0.2) is 5.78 Å². The first-order valence-corrected chi connectivity index (χ1v) is 9.07. The Labute approximate surface area is 144 Å². The molecule has 2 nitrogen and oxygen atoms in total. The predicted molar refractivity (Wildman–Crippen MR) is 97.1 cm³/mol. The minimum absolute atomic E-state index is 0.375. The first-order chi connectivity index (χ1) is 11.8. The Balaban J connectivity index is 1.46. The summed E-state index contributed by atoms with van der Waals surface area (Å²) in [5.41, 5.74) is 2.24. The molecule has 0 aliphatic heterocycles. The van der Waals surface area contributed by atoms with Crippen LogP contribution < -0.4 is 4.74 Å². The Morgan fingerprint density at radius 2 is 1.58 bits per heavy atom. The SMILES string of the molecule is O=C(Cc1ccc(OCc2ccccc2)cc1)CC1CCCCC1. The minimum atomic E-state index is 0.375. The molecule has 2 aromatic rings. The molecule has 3 rings (SSSR count). The molecule has 24 heavy (non-hydrogen) atoms. The lowest BCUT2D eigenvalue weighted by Crippen LogP contribution is -2.13. The summed E-state index contributed by atoms with van der Waals surface area (Å²) in [7, 11) is 0. The lowest BCUT2D eigenvalue weighted by Gasteiger charge is -2.20. The van der Waals surface area contributed by atoms with Crippen molar-refractivity contribution in [3.63, 3.8) is 0 Å². The van der Waals surface area contributed by atoms with Crippen LogP contribution in [0, 0.1) is 5.92 Å². The van der Waals surface area contributed by atoms with E-state index in [1.54, 1.807) is 0 Å². The monoisotopic (exact) mass is 322 g/mol. The molecule has 126 valence electrons. The van der Waals surface area contributed by atoms with Crippen molar-refractivity contribution in [2.75, 3.05) is 0 Å². The van der Waals surface area contributed by atoms with Gasteiger partial charge in [0.05, 0.1) is 0 Å². The smallest absolute Gasteiger partial charge is 0.137 e. The molecule has 0 unspecified atom stereocenters. The molecule has 0 spiro atoms. The Hall–Kier alpha value is -2.09. The zero-order valence-electron chi connectivity index (χ0n) is 14.2. The summed E-state index contributed by atoms with van der Waals surface area (Å²) in [5.74, 6) is 1.85. The van der Waals surface area contributed by atoms with E-state index in [1.165, 1.54) is 32.1 Å². The fourth-order valence-electron chi connectivity index (χ4n) is 3.46. The van der Waals surface area contributed by atoms with E-state index in [1.807, 2.05) is 42.5 Å². The van der Waals surface area contributed by atoms with Gasteiger partial charge in [-0.1, -0.05) is 74.6 Å². The molecular formula is C22H26O2. The van der Waals surface area contributed by atoms with Gasteiger partial charge in [0.1, 0.15) is 18.1 Å². The summed E-state index contributed by atoms with van der Waals surface area (Å²) >= 11 is 0. The summed E-state index contributed by atoms with van der Waals surface area (Å²) in [6, 6.07) is 18.1. The first-order valence-electron chi connectivity index (χ1n) is 9.07. The number of hydrogen-bond acceptors (Lipinski definition) is 2. The molecule has 1 aliphatic carbocycles. The van der Waals surface area contributed by atoms with E-state index >= 15 is 0 Å². The maximum Gasteiger partial charge on any atom is 0.137 e. The predicted octanol–water partition coefficient (Wildman–Crippen LogP) is 5.35. The number of Topliss-reactive ketones (excluding diaryl/α,β-unsaturated/α-hetero) is 1. The summed E-state index contributed by atoms with van der Waals surface area (Å²) in [6.45, 7) is 0.570. The highest BCUT2D eigenvalue weighted by molar-refractivity contribution is 5.81. The van der Waals surface area contributed by atoms with E-state index in [0.717, 1.165) is 23.3 Å². The van der Waals surface area contributed by atoms with Gasteiger partial charge in [-0.2, -0.15) is 0 Å². The molecule has 1 aliphatic rings. The third-order valence-electron chi connectivity index (χ3n) is 4.81. The Morgan fingerprint density at radius 3 is 2.29 bits per heavy atom. The molecule has 0 heterocycles. The Bertz CT molecular complexity index is 625. The maximum absolute atomic E-state index is 12.2. The lowest BCUT2D eigenvalue weighted by molar-refractivity contribution is -0.119. The van der Waals surface area contributed by atoms with Gasteiger partial charge >= 0.3 is 0 Å². The van der Waals surface area contributed by atoms with Gasteiger partial charge in [0, 0.05) is 12.8 Å². The Kier molecular flexibility index (Phi) is 6.06. The van der Waals surface area contributed by atoms with Gasteiger partial charge in [0.2, 0.25) is 0 Å². The van der Waals surface area contributed by atoms with Crippen LogP contribution in [0.2, 0.25) is 0 Å². The highest BCUT2D eigenvalue weighted by Gasteiger charge is 2.17. The van der Waals surface area contributed by atoms with Crippen LogP contribution >= 0.6 is 0 Å². The van der Waals surface area contributed by atoms with Gasteiger partial charge in [0.25, 0.3) is 0 Å². The standard InChI is InChI=1S/C22H26O2/c23-21(15-18-7-3-1-4-8-18)16-19-11-13-22(14-12-19)24-17-20-9-5-2-6-10-20/h2,5-6,9-14,18H,1,3-4,7-8,15-17H2. The minimum Gasteiger partial charge on any atom is -0.489 e. The largest absolute Gasteiger partial charge is 0.489 e. The first kappa shape index (κ1) is 16.8. The molecule has 0 aromatic heterocycles. The van der Waals surface area contributed by atoms with Crippen molar-refractivity contribution in [1.82, 2.24) is 0 Å². The van der Waals surface area contributed by atoms with Crippen LogP contribution in [0.1, 0.15) is 49.7 Å². The summed E-state index contributed by atoms with van der Waals surface area (Å²) in [4.78, 5) is 12.2. The van der Waals surface area contributed by atoms with E-state index in [9.17, 15) is 4.79 Å². The van der Waals surface area contributed by atoms with Crippen molar-refractivity contribution in [2.45, 2.75) is 51.6 Å². The normalized spacial score (nSPS) is 15.2. The van der Waals surface area contributed by atoms with E-state index < -0.39 is 0 Å². The van der Waals surface area contributed by atoms with E-state index in [0.29, 0.717) is 24.7 Å². The second kappa shape index (κ2) is 8.68. The molecule has 0 N–H and O–H groups in total. The van der Waals surface area contributed by atoms with Crippen LogP contribution in [0.25, 0.3) is 0 Å². The van der Waals surface area contributed by atoms with Crippen molar-refractivity contribution in [3.8, 4) is 5.75 Å². The molecule has 0 bridgehead atoms. The van der Waals surface area contributed by atoms with Crippen LogP contribution in [0.5, 0.6) is 5.75 Å². The summed E-state index contributed by atoms with van der Waals surface area (Å²) in [6.07, 6.45) is 7.71. The number of ketones is 1. The topological polar surface area (TPSA) is 26.3 Å². The van der Waals surface area contributed by atoms with Gasteiger partial charge in [-0.05, 0) is 29.2 Å². The molecule has 0 atom stereocenters. The van der Waals surface area contributed by atoms with Crippen molar-refractivity contribution in [3.05, 3.63) is 65.7 Å². The van der Waals surface area contributed by atoms with E-state index in [-0.39, 0.29) is 0 Å².